The Kier molecular flexibility index (Phi) is 3.08. The molecule has 1 aliphatic rings. The predicted molar refractivity (Wildman–Crippen MR) is 56.6 cm³/mol. The largest absolute Gasteiger partial charge is 0.366 e. The Bertz CT molecular complexity index is 307. The second-order valence-electron chi connectivity index (χ2n) is 3.38. The molecule has 1 saturated heterocycles. The Morgan fingerprint density at radius 2 is 2.21 bits per heavy atom. The van der Waals surface area contributed by atoms with Gasteiger partial charge in [-0.05, 0) is 25.0 Å². The van der Waals surface area contributed by atoms with E-state index in [0.29, 0.717) is 6.04 Å². The van der Waals surface area contributed by atoms with Crippen LogP contribution in [0.15, 0.2) is 18.3 Å². The van der Waals surface area contributed by atoms with Crippen LogP contribution in [0, 0.1) is 0 Å². The highest BCUT2D eigenvalue weighted by atomic mass is 32.2. The second kappa shape index (κ2) is 4.50. The molecular weight excluding hydrogens is 198 g/mol. The molecule has 0 unspecified atom stereocenters. The Morgan fingerprint density at radius 1 is 1.43 bits per heavy atom. The zero-order valence-electron chi connectivity index (χ0n) is 7.85. The van der Waals surface area contributed by atoms with E-state index in [1.807, 2.05) is 12.1 Å². The maximum absolute atomic E-state index is 11.1. The van der Waals surface area contributed by atoms with Gasteiger partial charge in [-0.3, -0.25) is 4.21 Å². The fourth-order valence-corrected chi connectivity index (χ4v) is 2.82. The average molecular weight is 211 g/mol. The molecule has 2 heterocycles. The van der Waals surface area contributed by atoms with Crippen LogP contribution in [0.4, 0.5) is 5.82 Å². The molecule has 0 atom stereocenters. The molecule has 14 heavy (non-hydrogen) atoms. The lowest BCUT2D eigenvalue weighted by atomic mass is 10.1. The van der Waals surface area contributed by atoms with Crippen molar-refractivity contribution in [3.63, 3.8) is 0 Å². The quantitative estimate of drug-likeness (QED) is 0.786. The first kappa shape index (κ1) is 9.58. The number of anilines is 1. The van der Waals surface area contributed by atoms with Crippen LogP contribution in [-0.2, 0) is 10.8 Å². The number of nitrogens with zero attached hydrogens (tertiary/aromatic N) is 2. The highest BCUT2D eigenvalue weighted by molar-refractivity contribution is 7.85. The van der Waals surface area contributed by atoms with Crippen molar-refractivity contribution in [1.29, 1.82) is 0 Å². The van der Waals surface area contributed by atoms with E-state index in [1.54, 1.807) is 6.20 Å². The van der Waals surface area contributed by atoms with Gasteiger partial charge in [0.2, 0.25) is 0 Å². The van der Waals surface area contributed by atoms with E-state index >= 15 is 0 Å². The molecular formula is C9H13N3OS. The summed E-state index contributed by atoms with van der Waals surface area (Å²) >= 11 is 0. The van der Waals surface area contributed by atoms with E-state index in [1.165, 1.54) is 0 Å². The normalized spacial score (nSPS) is 27.1. The van der Waals surface area contributed by atoms with Crippen molar-refractivity contribution in [2.45, 2.75) is 18.9 Å². The van der Waals surface area contributed by atoms with Crippen molar-refractivity contribution in [1.82, 2.24) is 10.2 Å². The molecule has 4 nitrogen and oxygen atoms in total. The SMILES string of the molecule is O=S1CCC(Nc2cccnn2)CC1. The maximum Gasteiger partial charge on any atom is 0.148 e. The molecule has 2 rings (SSSR count). The van der Waals surface area contributed by atoms with Gasteiger partial charge in [0, 0.05) is 34.5 Å². The molecule has 5 heteroatoms. The summed E-state index contributed by atoms with van der Waals surface area (Å²) < 4.78 is 11.1. The zero-order valence-corrected chi connectivity index (χ0v) is 8.67. The Labute approximate surface area is 85.6 Å². The van der Waals surface area contributed by atoms with Crippen LogP contribution >= 0.6 is 0 Å². The summed E-state index contributed by atoms with van der Waals surface area (Å²) in [5.41, 5.74) is 0. The van der Waals surface area contributed by atoms with Crippen molar-refractivity contribution >= 4 is 16.6 Å². The molecule has 76 valence electrons. The summed E-state index contributed by atoms with van der Waals surface area (Å²) in [6, 6.07) is 4.17. The van der Waals surface area contributed by atoms with Crippen molar-refractivity contribution in [3.8, 4) is 0 Å². The smallest absolute Gasteiger partial charge is 0.148 e. The summed E-state index contributed by atoms with van der Waals surface area (Å²) in [5.74, 6) is 2.42. The fourth-order valence-electron chi connectivity index (χ4n) is 1.53. The molecule has 0 radical (unpaired) electrons. The molecule has 1 aliphatic heterocycles. The van der Waals surface area contributed by atoms with E-state index in [-0.39, 0.29) is 0 Å². The van der Waals surface area contributed by atoms with Crippen LogP contribution in [-0.4, -0.2) is 32.0 Å². The van der Waals surface area contributed by atoms with Gasteiger partial charge in [-0.15, -0.1) is 5.10 Å². The van der Waals surface area contributed by atoms with Gasteiger partial charge in [-0.2, -0.15) is 5.10 Å². The number of nitrogens with one attached hydrogen (secondary N) is 1. The Hall–Kier alpha value is -0.970. The van der Waals surface area contributed by atoms with Gasteiger partial charge in [-0.1, -0.05) is 0 Å². The molecule has 0 saturated carbocycles. The molecule has 0 bridgehead atoms. The molecule has 1 fully saturated rings. The van der Waals surface area contributed by atoms with Crippen LogP contribution in [0.5, 0.6) is 0 Å². The third kappa shape index (κ3) is 2.51. The standard InChI is InChI=1S/C9H13N3OS/c13-14-6-3-8(4-7-14)11-9-2-1-5-10-12-9/h1-2,5,8H,3-4,6-7H2,(H,11,12). The minimum Gasteiger partial charge on any atom is -0.366 e. The third-order valence-corrected chi connectivity index (χ3v) is 3.69. The highest BCUT2D eigenvalue weighted by Crippen LogP contribution is 2.13. The third-order valence-electron chi connectivity index (χ3n) is 2.31. The molecule has 1 aromatic heterocycles. The van der Waals surface area contributed by atoms with Crippen molar-refractivity contribution in [3.05, 3.63) is 18.3 Å². The first-order chi connectivity index (χ1) is 6.84. The van der Waals surface area contributed by atoms with Crippen molar-refractivity contribution in [2.24, 2.45) is 0 Å². The van der Waals surface area contributed by atoms with Crippen molar-refractivity contribution < 1.29 is 4.21 Å². The van der Waals surface area contributed by atoms with E-state index in [4.69, 9.17) is 0 Å². The van der Waals surface area contributed by atoms with Gasteiger partial charge >= 0.3 is 0 Å². The number of rotatable bonds is 2. The van der Waals surface area contributed by atoms with E-state index in [2.05, 4.69) is 15.5 Å². The number of hydrogen-bond acceptors (Lipinski definition) is 4. The van der Waals surface area contributed by atoms with Crippen molar-refractivity contribution in [2.75, 3.05) is 16.8 Å². The fraction of sp³-hybridized carbons (Fsp3) is 0.556. The van der Waals surface area contributed by atoms with Crippen LogP contribution < -0.4 is 5.32 Å². The van der Waals surface area contributed by atoms with Gasteiger partial charge in [0.05, 0.1) is 0 Å². The summed E-state index contributed by atoms with van der Waals surface area (Å²) in [4.78, 5) is 0. The van der Waals surface area contributed by atoms with E-state index in [9.17, 15) is 4.21 Å². The lowest BCUT2D eigenvalue weighted by Crippen LogP contribution is -2.29. The maximum atomic E-state index is 11.1. The average Bonchev–Trinajstić information content (AvgIpc) is 2.23. The van der Waals surface area contributed by atoms with Gasteiger partial charge in [0.15, 0.2) is 0 Å². The zero-order chi connectivity index (χ0) is 9.80. The first-order valence-corrected chi connectivity index (χ1v) is 6.22. The molecule has 1 N–H and O–H groups in total. The first-order valence-electron chi connectivity index (χ1n) is 4.74. The molecule has 1 aromatic rings. The summed E-state index contributed by atoms with van der Waals surface area (Å²) in [5, 5.41) is 11.0. The van der Waals surface area contributed by atoms with Gasteiger partial charge in [0.1, 0.15) is 5.82 Å². The van der Waals surface area contributed by atoms with Crippen LogP contribution in [0.3, 0.4) is 0 Å². The molecule has 0 aliphatic carbocycles. The molecule has 0 aromatic carbocycles. The lowest BCUT2D eigenvalue weighted by Gasteiger charge is -2.22. The topological polar surface area (TPSA) is 54.9 Å². The molecule has 0 spiro atoms. The summed E-state index contributed by atoms with van der Waals surface area (Å²) in [6.07, 6.45) is 3.58. The number of aromatic nitrogens is 2. The van der Waals surface area contributed by atoms with E-state index < -0.39 is 10.8 Å². The lowest BCUT2D eigenvalue weighted by molar-refractivity contribution is 0.621. The van der Waals surface area contributed by atoms with Gasteiger partial charge in [0.25, 0.3) is 0 Å². The summed E-state index contributed by atoms with van der Waals surface area (Å²) in [6.45, 7) is 0. The predicted octanol–water partition coefficient (Wildman–Crippen LogP) is 0.800. The van der Waals surface area contributed by atoms with Crippen LogP contribution in [0.1, 0.15) is 12.8 Å². The van der Waals surface area contributed by atoms with Gasteiger partial charge < -0.3 is 5.32 Å². The van der Waals surface area contributed by atoms with Gasteiger partial charge in [-0.25, -0.2) is 0 Å². The van der Waals surface area contributed by atoms with E-state index in [0.717, 1.165) is 30.2 Å². The number of hydrogen-bond donors (Lipinski definition) is 1. The van der Waals surface area contributed by atoms with Crippen LogP contribution in [0.2, 0.25) is 0 Å². The minimum atomic E-state index is -0.595. The Morgan fingerprint density at radius 3 is 2.86 bits per heavy atom. The highest BCUT2D eigenvalue weighted by Gasteiger charge is 2.17. The van der Waals surface area contributed by atoms with Crippen LogP contribution in [0.25, 0.3) is 0 Å². The molecule has 0 amide bonds. The Balaban J connectivity index is 1.89. The second-order valence-corrected chi connectivity index (χ2v) is 5.07. The summed E-state index contributed by atoms with van der Waals surface area (Å²) in [7, 11) is -0.595. The monoisotopic (exact) mass is 211 g/mol. The minimum absolute atomic E-state index is 0.407.